The van der Waals surface area contributed by atoms with Crippen LogP contribution in [0, 0.1) is 17.3 Å². The van der Waals surface area contributed by atoms with E-state index in [0.717, 1.165) is 5.39 Å². The van der Waals surface area contributed by atoms with Crippen molar-refractivity contribution in [2.45, 2.75) is 6.92 Å². The number of ether oxygens (including phenoxy) is 1. The molecule has 3 atom stereocenters. The number of benzene rings is 1. The fraction of sp³-hybridized carbons (Fsp3) is 0.375. The molecule has 1 aromatic heterocycles. The number of ketones is 1. The molecule has 0 spiro atoms. The van der Waals surface area contributed by atoms with E-state index in [0.29, 0.717) is 16.2 Å². The first-order chi connectivity index (χ1) is 10.4. The zero-order chi connectivity index (χ0) is 16.1. The van der Waals surface area contributed by atoms with Crippen molar-refractivity contribution in [3.05, 3.63) is 35.0 Å². The molecule has 1 fully saturated rings. The SMILES string of the molecule is COCC1(C)C(C(=O)O)C1C(=O)c1cc(Cl)c2occc2c1. The van der Waals surface area contributed by atoms with Gasteiger partial charge in [-0.1, -0.05) is 18.5 Å². The molecule has 1 saturated carbocycles. The van der Waals surface area contributed by atoms with Crippen LogP contribution in [-0.2, 0) is 9.53 Å². The number of hydrogen-bond acceptors (Lipinski definition) is 4. The van der Waals surface area contributed by atoms with E-state index >= 15 is 0 Å². The highest BCUT2D eigenvalue weighted by atomic mass is 35.5. The summed E-state index contributed by atoms with van der Waals surface area (Å²) in [7, 11) is 1.50. The fourth-order valence-corrected chi connectivity index (χ4v) is 3.56. The van der Waals surface area contributed by atoms with Gasteiger partial charge in [-0.2, -0.15) is 0 Å². The third-order valence-electron chi connectivity index (χ3n) is 4.44. The number of halogens is 1. The molecular formula is C16H15ClO5. The zero-order valence-electron chi connectivity index (χ0n) is 12.1. The number of carbonyl (C=O) groups excluding carboxylic acids is 1. The average molecular weight is 323 g/mol. The molecule has 2 aromatic rings. The Morgan fingerprint density at radius 3 is 2.77 bits per heavy atom. The fourth-order valence-electron chi connectivity index (χ4n) is 3.29. The maximum absolute atomic E-state index is 12.7. The van der Waals surface area contributed by atoms with Crippen LogP contribution in [0.4, 0.5) is 0 Å². The number of Topliss-reactive ketones (excluding diaryl/α,β-unsaturated/α-hetero) is 1. The minimum absolute atomic E-state index is 0.224. The summed E-state index contributed by atoms with van der Waals surface area (Å²) in [6, 6.07) is 4.92. The Hall–Kier alpha value is -1.85. The largest absolute Gasteiger partial charge is 0.481 e. The summed E-state index contributed by atoms with van der Waals surface area (Å²) in [4.78, 5) is 24.1. The van der Waals surface area contributed by atoms with E-state index in [9.17, 15) is 14.7 Å². The number of rotatable bonds is 5. The van der Waals surface area contributed by atoms with Gasteiger partial charge in [-0.25, -0.2) is 0 Å². The lowest BCUT2D eigenvalue weighted by atomic mass is 9.99. The van der Waals surface area contributed by atoms with Gasteiger partial charge in [-0.15, -0.1) is 0 Å². The second-order valence-electron chi connectivity index (χ2n) is 5.89. The summed E-state index contributed by atoms with van der Waals surface area (Å²) in [5.41, 5.74) is 0.230. The number of hydrogen-bond donors (Lipinski definition) is 1. The van der Waals surface area contributed by atoms with Crippen LogP contribution in [0.25, 0.3) is 11.0 Å². The lowest BCUT2D eigenvalue weighted by Gasteiger charge is -2.09. The molecule has 22 heavy (non-hydrogen) atoms. The molecular weight excluding hydrogens is 308 g/mol. The maximum Gasteiger partial charge on any atom is 0.307 e. The summed E-state index contributed by atoms with van der Waals surface area (Å²) < 4.78 is 10.3. The van der Waals surface area contributed by atoms with Crippen molar-refractivity contribution in [2.75, 3.05) is 13.7 Å². The molecule has 0 saturated heterocycles. The Kier molecular flexibility index (Phi) is 3.50. The van der Waals surface area contributed by atoms with Gasteiger partial charge < -0.3 is 14.3 Å². The van der Waals surface area contributed by atoms with Crippen molar-refractivity contribution < 1.29 is 23.8 Å². The minimum atomic E-state index is -0.978. The molecule has 3 unspecified atom stereocenters. The normalized spacial score (nSPS) is 27.0. The predicted octanol–water partition coefficient (Wildman–Crippen LogP) is 3.25. The van der Waals surface area contributed by atoms with Gasteiger partial charge in [0.1, 0.15) is 0 Å². The predicted molar refractivity (Wildman–Crippen MR) is 80.2 cm³/mol. The van der Waals surface area contributed by atoms with E-state index < -0.39 is 23.2 Å². The number of furan rings is 1. The lowest BCUT2D eigenvalue weighted by molar-refractivity contribution is -0.139. The highest BCUT2D eigenvalue weighted by Crippen LogP contribution is 2.60. The number of carboxylic acids is 1. The Bertz CT molecular complexity index is 765. The molecule has 0 radical (unpaired) electrons. The Balaban J connectivity index is 1.97. The van der Waals surface area contributed by atoms with Gasteiger partial charge in [-0.3, -0.25) is 9.59 Å². The molecule has 1 aliphatic rings. The van der Waals surface area contributed by atoms with E-state index in [1.54, 1.807) is 19.1 Å². The van der Waals surface area contributed by atoms with E-state index in [-0.39, 0.29) is 12.4 Å². The first kappa shape index (κ1) is 15.1. The second-order valence-corrected chi connectivity index (χ2v) is 6.30. The van der Waals surface area contributed by atoms with Crippen LogP contribution in [0.3, 0.4) is 0 Å². The van der Waals surface area contributed by atoms with Crippen molar-refractivity contribution in [2.24, 2.45) is 17.3 Å². The van der Waals surface area contributed by atoms with Gasteiger partial charge in [0.25, 0.3) is 0 Å². The Morgan fingerprint density at radius 2 is 2.14 bits per heavy atom. The molecule has 6 heteroatoms. The van der Waals surface area contributed by atoms with Crippen LogP contribution >= 0.6 is 11.6 Å². The molecule has 1 heterocycles. The lowest BCUT2D eigenvalue weighted by Crippen LogP contribution is -2.14. The summed E-state index contributed by atoms with van der Waals surface area (Å²) in [5.74, 6) is -2.55. The van der Waals surface area contributed by atoms with Gasteiger partial charge in [-0.05, 0) is 18.2 Å². The number of methoxy groups -OCH3 is 1. The highest BCUT2D eigenvalue weighted by Gasteiger charge is 2.68. The van der Waals surface area contributed by atoms with E-state index in [2.05, 4.69) is 0 Å². The first-order valence-corrected chi connectivity index (χ1v) is 7.20. The van der Waals surface area contributed by atoms with Crippen molar-refractivity contribution in [3.63, 3.8) is 0 Å². The molecule has 0 aliphatic heterocycles. The molecule has 5 nitrogen and oxygen atoms in total. The van der Waals surface area contributed by atoms with Crippen molar-refractivity contribution in [1.82, 2.24) is 0 Å². The molecule has 3 rings (SSSR count). The van der Waals surface area contributed by atoms with Crippen molar-refractivity contribution in [1.29, 1.82) is 0 Å². The summed E-state index contributed by atoms with van der Waals surface area (Å²) in [6.45, 7) is 1.98. The van der Waals surface area contributed by atoms with Crippen LogP contribution in [0.5, 0.6) is 0 Å². The van der Waals surface area contributed by atoms with Crippen molar-refractivity contribution >= 4 is 34.3 Å². The van der Waals surface area contributed by atoms with Crippen LogP contribution in [0.15, 0.2) is 28.9 Å². The quantitative estimate of drug-likeness (QED) is 0.855. The van der Waals surface area contributed by atoms with Gasteiger partial charge in [0.2, 0.25) is 0 Å². The molecule has 116 valence electrons. The van der Waals surface area contributed by atoms with Crippen LogP contribution in [0.1, 0.15) is 17.3 Å². The molecule has 1 N–H and O–H groups in total. The zero-order valence-corrected chi connectivity index (χ0v) is 12.9. The molecule has 0 amide bonds. The topological polar surface area (TPSA) is 76.7 Å². The summed E-state index contributed by atoms with van der Waals surface area (Å²) >= 11 is 6.12. The highest BCUT2D eigenvalue weighted by molar-refractivity contribution is 6.35. The maximum atomic E-state index is 12.7. The van der Waals surface area contributed by atoms with Crippen LogP contribution < -0.4 is 0 Å². The van der Waals surface area contributed by atoms with Gasteiger partial charge >= 0.3 is 5.97 Å². The van der Waals surface area contributed by atoms with E-state index in [4.69, 9.17) is 20.8 Å². The number of fused-ring (bicyclic) bond motifs is 1. The van der Waals surface area contributed by atoms with E-state index in [1.807, 2.05) is 0 Å². The average Bonchev–Trinajstić information content (AvgIpc) is 2.82. The number of aliphatic carboxylic acids is 1. The Morgan fingerprint density at radius 1 is 1.41 bits per heavy atom. The van der Waals surface area contributed by atoms with Crippen LogP contribution in [0.2, 0.25) is 5.02 Å². The molecule has 1 aromatic carbocycles. The van der Waals surface area contributed by atoms with Gasteiger partial charge in [0, 0.05) is 29.4 Å². The smallest absolute Gasteiger partial charge is 0.307 e. The van der Waals surface area contributed by atoms with Gasteiger partial charge in [0.15, 0.2) is 11.4 Å². The monoisotopic (exact) mass is 322 g/mol. The van der Waals surface area contributed by atoms with Gasteiger partial charge in [0.05, 0.1) is 23.8 Å². The second kappa shape index (κ2) is 5.11. The third kappa shape index (κ3) is 2.12. The first-order valence-electron chi connectivity index (χ1n) is 6.83. The molecule has 0 bridgehead atoms. The minimum Gasteiger partial charge on any atom is -0.481 e. The van der Waals surface area contributed by atoms with E-state index in [1.165, 1.54) is 19.4 Å². The Labute approximate surface area is 131 Å². The number of carboxylic acid groups (broad SMARTS) is 1. The molecule has 1 aliphatic carbocycles. The van der Waals surface area contributed by atoms with Crippen LogP contribution in [-0.4, -0.2) is 30.6 Å². The summed E-state index contributed by atoms with van der Waals surface area (Å²) in [6.07, 6.45) is 1.50. The standard InChI is InChI=1S/C16H15ClO5/c1-16(7-21-2)11(12(16)15(19)20)13(18)9-5-8-3-4-22-14(8)10(17)6-9/h3-6,11-12H,7H2,1-2H3,(H,19,20). The van der Waals surface area contributed by atoms with Crippen molar-refractivity contribution in [3.8, 4) is 0 Å². The summed E-state index contributed by atoms with van der Waals surface area (Å²) in [5, 5.41) is 10.4. The number of carbonyl (C=O) groups is 2. The third-order valence-corrected chi connectivity index (χ3v) is 4.72.